The molecule has 1 aliphatic heterocycles. The summed E-state index contributed by atoms with van der Waals surface area (Å²) in [6.45, 7) is 3.89. The second-order valence-electron chi connectivity index (χ2n) is 5.13. The Morgan fingerprint density at radius 1 is 1.32 bits per heavy atom. The van der Waals surface area contributed by atoms with Crippen LogP contribution in [0, 0.1) is 0 Å². The predicted octanol–water partition coefficient (Wildman–Crippen LogP) is 1.95. The molecule has 2 aromatic heterocycles. The van der Waals surface area contributed by atoms with Crippen molar-refractivity contribution in [2.45, 2.75) is 6.04 Å². The highest BCUT2D eigenvalue weighted by atomic mass is 32.1. The Morgan fingerprint density at radius 3 is 2.77 bits per heavy atom. The number of hydrogen-bond acceptors (Lipinski definition) is 5. The van der Waals surface area contributed by atoms with Gasteiger partial charge in [0.15, 0.2) is 0 Å². The zero-order chi connectivity index (χ0) is 15.2. The topological polar surface area (TPSA) is 54.5 Å². The summed E-state index contributed by atoms with van der Waals surface area (Å²) in [5.74, 6) is -0.0581. The molecule has 1 saturated heterocycles. The highest BCUT2D eigenvalue weighted by molar-refractivity contribution is 7.10. The maximum Gasteiger partial charge on any atom is 0.251 e. The number of ether oxygens (including phenoxy) is 1. The van der Waals surface area contributed by atoms with Gasteiger partial charge in [-0.05, 0) is 23.6 Å². The van der Waals surface area contributed by atoms with Crippen LogP contribution in [0.2, 0.25) is 0 Å². The van der Waals surface area contributed by atoms with E-state index in [1.54, 1.807) is 35.9 Å². The molecule has 0 bridgehead atoms. The molecule has 0 aromatic carbocycles. The van der Waals surface area contributed by atoms with Gasteiger partial charge in [0, 0.05) is 42.5 Å². The molecule has 0 aliphatic carbocycles. The summed E-state index contributed by atoms with van der Waals surface area (Å²) in [6.07, 6.45) is 3.27. The molecule has 0 unspecified atom stereocenters. The number of rotatable bonds is 5. The van der Waals surface area contributed by atoms with E-state index >= 15 is 0 Å². The fourth-order valence-electron chi connectivity index (χ4n) is 2.57. The molecule has 22 heavy (non-hydrogen) atoms. The number of amides is 1. The molecule has 116 valence electrons. The fourth-order valence-corrected chi connectivity index (χ4v) is 3.44. The van der Waals surface area contributed by atoms with Crippen LogP contribution >= 0.6 is 11.3 Å². The third-order valence-electron chi connectivity index (χ3n) is 3.76. The summed E-state index contributed by atoms with van der Waals surface area (Å²) in [4.78, 5) is 19.8. The summed E-state index contributed by atoms with van der Waals surface area (Å²) in [5.41, 5.74) is 0.641. The molecule has 1 amide bonds. The van der Waals surface area contributed by atoms with E-state index in [0.717, 1.165) is 26.3 Å². The van der Waals surface area contributed by atoms with Crippen LogP contribution in [-0.2, 0) is 4.74 Å². The van der Waals surface area contributed by atoms with Crippen molar-refractivity contribution in [1.82, 2.24) is 15.2 Å². The number of hydrogen-bond donors (Lipinski definition) is 1. The van der Waals surface area contributed by atoms with Crippen LogP contribution in [0.5, 0.6) is 0 Å². The van der Waals surface area contributed by atoms with Gasteiger partial charge in [0.25, 0.3) is 5.91 Å². The molecule has 1 fully saturated rings. The number of nitrogens with one attached hydrogen (secondary N) is 1. The quantitative estimate of drug-likeness (QED) is 0.916. The fraction of sp³-hybridized carbons (Fsp3) is 0.375. The van der Waals surface area contributed by atoms with Crippen LogP contribution < -0.4 is 5.32 Å². The normalized spacial score (nSPS) is 17.1. The molecule has 1 atom stereocenters. The zero-order valence-electron chi connectivity index (χ0n) is 12.3. The van der Waals surface area contributed by atoms with Crippen LogP contribution in [0.4, 0.5) is 0 Å². The summed E-state index contributed by atoms with van der Waals surface area (Å²) < 4.78 is 5.43. The number of pyridine rings is 1. The van der Waals surface area contributed by atoms with Crippen molar-refractivity contribution >= 4 is 17.2 Å². The molecule has 6 heteroatoms. The van der Waals surface area contributed by atoms with Crippen molar-refractivity contribution in [3.05, 3.63) is 52.5 Å². The molecule has 0 spiro atoms. The van der Waals surface area contributed by atoms with Gasteiger partial charge in [-0.15, -0.1) is 11.3 Å². The zero-order valence-corrected chi connectivity index (χ0v) is 13.1. The second-order valence-corrected chi connectivity index (χ2v) is 6.10. The van der Waals surface area contributed by atoms with Gasteiger partial charge in [-0.2, -0.15) is 0 Å². The summed E-state index contributed by atoms with van der Waals surface area (Å²) in [5, 5.41) is 5.12. The average Bonchev–Trinajstić information content (AvgIpc) is 3.11. The summed E-state index contributed by atoms with van der Waals surface area (Å²) in [7, 11) is 0. The lowest BCUT2D eigenvalue weighted by Crippen LogP contribution is -2.43. The molecule has 0 saturated carbocycles. The van der Waals surface area contributed by atoms with E-state index in [9.17, 15) is 4.79 Å². The predicted molar refractivity (Wildman–Crippen MR) is 86.0 cm³/mol. The van der Waals surface area contributed by atoms with Crippen molar-refractivity contribution in [3.63, 3.8) is 0 Å². The number of carbonyl (C=O) groups excluding carboxylic acids is 1. The number of thiophene rings is 1. The van der Waals surface area contributed by atoms with E-state index in [2.05, 4.69) is 32.7 Å². The van der Waals surface area contributed by atoms with Gasteiger partial charge < -0.3 is 10.1 Å². The first-order chi connectivity index (χ1) is 10.8. The van der Waals surface area contributed by atoms with Gasteiger partial charge in [0.05, 0.1) is 19.3 Å². The van der Waals surface area contributed by atoms with Crippen molar-refractivity contribution < 1.29 is 9.53 Å². The Balaban J connectivity index is 1.66. The summed E-state index contributed by atoms with van der Waals surface area (Å²) in [6, 6.07) is 7.84. The lowest BCUT2D eigenvalue weighted by Gasteiger charge is -2.34. The first-order valence-corrected chi connectivity index (χ1v) is 8.26. The van der Waals surface area contributed by atoms with Crippen LogP contribution in [0.1, 0.15) is 21.3 Å². The number of nitrogens with zero attached hydrogens (tertiary/aromatic N) is 2. The van der Waals surface area contributed by atoms with E-state index < -0.39 is 0 Å². The van der Waals surface area contributed by atoms with Gasteiger partial charge >= 0.3 is 0 Å². The van der Waals surface area contributed by atoms with E-state index in [4.69, 9.17) is 4.74 Å². The number of morpholine rings is 1. The standard InChI is InChI=1S/C16H19N3O2S/c20-16(13-3-5-17-6-4-13)18-12-14(15-2-1-11-22-15)19-7-9-21-10-8-19/h1-6,11,14H,7-10,12H2,(H,18,20)/t14-/m1/s1. The highest BCUT2D eigenvalue weighted by Gasteiger charge is 2.24. The van der Waals surface area contributed by atoms with Crippen molar-refractivity contribution in [2.24, 2.45) is 0 Å². The largest absolute Gasteiger partial charge is 0.379 e. The lowest BCUT2D eigenvalue weighted by molar-refractivity contribution is 0.0169. The molecule has 2 aromatic rings. The van der Waals surface area contributed by atoms with Gasteiger partial charge in [0.1, 0.15) is 0 Å². The highest BCUT2D eigenvalue weighted by Crippen LogP contribution is 2.25. The smallest absolute Gasteiger partial charge is 0.251 e. The van der Waals surface area contributed by atoms with Gasteiger partial charge in [0.2, 0.25) is 0 Å². The summed E-state index contributed by atoms with van der Waals surface area (Å²) >= 11 is 1.73. The van der Waals surface area contributed by atoms with Crippen LogP contribution in [-0.4, -0.2) is 48.6 Å². The van der Waals surface area contributed by atoms with Gasteiger partial charge in [-0.25, -0.2) is 0 Å². The molecule has 5 nitrogen and oxygen atoms in total. The van der Waals surface area contributed by atoms with Crippen molar-refractivity contribution in [1.29, 1.82) is 0 Å². The third-order valence-corrected chi connectivity index (χ3v) is 4.73. The number of aromatic nitrogens is 1. The minimum absolute atomic E-state index is 0.0581. The Hall–Kier alpha value is -1.76. The van der Waals surface area contributed by atoms with E-state index in [1.807, 2.05) is 0 Å². The molecule has 3 rings (SSSR count). The third kappa shape index (κ3) is 3.71. The lowest BCUT2D eigenvalue weighted by atomic mass is 10.1. The minimum Gasteiger partial charge on any atom is -0.379 e. The van der Waals surface area contributed by atoms with Crippen molar-refractivity contribution in [2.75, 3.05) is 32.8 Å². The van der Waals surface area contributed by atoms with Crippen LogP contribution in [0.15, 0.2) is 42.0 Å². The van der Waals surface area contributed by atoms with Gasteiger partial charge in [-0.1, -0.05) is 6.07 Å². The molecule has 3 heterocycles. The van der Waals surface area contributed by atoms with Crippen molar-refractivity contribution in [3.8, 4) is 0 Å². The van der Waals surface area contributed by atoms with E-state index in [1.165, 1.54) is 4.88 Å². The number of carbonyl (C=O) groups is 1. The maximum absolute atomic E-state index is 12.2. The van der Waals surface area contributed by atoms with Crippen LogP contribution in [0.25, 0.3) is 0 Å². The molecule has 1 N–H and O–H groups in total. The van der Waals surface area contributed by atoms with E-state index in [-0.39, 0.29) is 11.9 Å². The molecule has 1 aliphatic rings. The van der Waals surface area contributed by atoms with E-state index in [0.29, 0.717) is 12.1 Å². The Morgan fingerprint density at radius 2 is 2.09 bits per heavy atom. The molecule has 0 radical (unpaired) electrons. The first-order valence-electron chi connectivity index (χ1n) is 7.38. The Kier molecular flexibility index (Phi) is 5.15. The van der Waals surface area contributed by atoms with Crippen LogP contribution in [0.3, 0.4) is 0 Å². The molecular weight excluding hydrogens is 298 g/mol. The average molecular weight is 317 g/mol. The first kappa shape index (κ1) is 15.1. The Bertz CT molecular complexity index is 583. The maximum atomic E-state index is 12.2. The SMILES string of the molecule is O=C(NC[C@H](c1cccs1)N1CCOCC1)c1ccncc1. The van der Waals surface area contributed by atoms with Gasteiger partial charge in [-0.3, -0.25) is 14.7 Å². The minimum atomic E-state index is -0.0581. The second kappa shape index (κ2) is 7.49. The molecular formula is C16H19N3O2S. The monoisotopic (exact) mass is 317 g/mol. The Labute approximate surface area is 133 Å².